The number of halogens is 2. The van der Waals surface area contributed by atoms with Crippen molar-refractivity contribution < 1.29 is 9.53 Å². The Labute approximate surface area is 128 Å². The third-order valence-electron chi connectivity index (χ3n) is 4.40. The Kier molecular flexibility index (Phi) is 3.93. The molecule has 3 aliphatic rings. The first-order valence-electron chi connectivity index (χ1n) is 6.90. The summed E-state index contributed by atoms with van der Waals surface area (Å²) in [5, 5.41) is 0.906. The summed E-state index contributed by atoms with van der Waals surface area (Å²) in [5.41, 5.74) is 0.428. The van der Waals surface area contributed by atoms with Crippen molar-refractivity contribution in [3.63, 3.8) is 0 Å². The van der Waals surface area contributed by atoms with Crippen LogP contribution in [0.5, 0.6) is 0 Å². The summed E-state index contributed by atoms with van der Waals surface area (Å²) in [7, 11) is 2.14. The molecule has 0 radical (unpaired) electrons. The number of carbonyl (C=O) groups is 1. The van der Waals surface area contributed by atoms with Gasteiger partial charge < -0.3 is 9.64 Å². The number of benzene rings is 1. The second kappa shape index (κ2) is 5.55. The molecular formula is C15H17Cl2NO2. The predicted molar refractivity (Wildman–Crippen MR) is 79.4 cm³/mol. The molecule has 0 N–H and O–H groups in total. The molecule has 3 fully saturated rings. The highest BCUT2D eigenvalue weighted by molar-refractivity contribution is 6.35. The number of piperidine rings is 2. The van der Waals surface area contributed by atoms with E-state index in [0.29, 0.717) is 27.6 Å². The van der Waals surface area contributed by atoms with E-state index in [1.165, 1.54) is 6.42 Å². The molecule has 2 heterocycles. The molecule has 2 bridgehead atoms. The summed E-state index contributed by atoms with van der Waals surface area (Å²) in [6.07, 6.45) is 3.30. The number of nitrogens with zero attached hydrogens (tertiary/aromatic N) is 1. The van der Waals surface area contributed by atoms with Crippen LogP contribution in [0.25, 0.3) is 0 Å². The summed E-state index contributed by atoms with van der Waals surface area (Å²) in [6.45, 7) is 1.01. The SMILES string of the molecule is CN1C[C@H]2CC[C@@H]1C[C@H]2OC(=O)c1cc(Cl)cc(Cl)c1. The number of hydrogen-bond donors (Lipinski definition) is 0. The van der Waals surface area contributed by atoms with Crippen LogP contribution in [0.4, 0.5) is 0 Å². The van der Waals surface area contributed by atoms with E-state index in [1.54, 1.807) is 18.2 Å². The van der Waals surface area contributed by atoms with E-state index in [0.717, 1.165) is 19.4 Å². The van der Waals surface area contributed by atoms with E-state index >= 15 is 0 Å². The summed E-state index contributed by atoms with van der Waals surface area (Å²) in [4.78, 5) is 14.6. The van der Waals surface area contributed by atoms with Crippen LogP contribution in [0.15, 0.2) is 18.2 Å². The molecule has 5 heteroatoms. The molecule has 3 nitrogen and oxygen atoms in total. The average Bonchev–Trinajstić information content (AvgIpc) is 2.39. The normalized spacial score (nSPS) is 29.4. The summed E-state index contributed by atoms with van der Waals surface area (Å²) < 4.78 is 5.69. The topological polar surface area (TPSA) is 29.5 Å². The molecule has 0 unspecified atom stereocenters. The standard InChI is InChI=1S/C15H17Cl2NO2/c1-18-8-9-2-3-13(18)7-14(9)20-15(19)10-4-11(16)6-12(17)5-10/h4-6,9,13-14H,2-3,7-8H2,1H3/t9-,13-,14-/m1/s1. The van der Waals surface area contributed by atoms with Gasteiger partial charge in [0.1, 0.15) is 6.10 Å². The van der Waals surface area contributed by atoms with E-state index in [2.05, 4.69) is 11.9 Å². The first-order valence-corrected chi connectivity index (χ1v) is 7.66. The van der Waals surface area contributed by atoms with Gasteiger partial charge in [0.15, 0.2) is 0 Å². The smallest absolute Gasteiger partial charge is 0.338 e. The van der Waals surface area contributed by atoms with Gasteiger partial charge in [0.05, 0.1) is 5.56 Å². The van der Waals surface area contributed by atoms with Crippen LogP contribution in [-0.4, -0.2) is 36.6 Å². The van der Waals surface area contributed by atoms with Crippen LogP contribution >= 0.6 is 23.2 Å². The fraction of sp³-hybridized carbons (Fsp3) is 0.533. The van der Waals surface area contributed by atoms with Crippen molar-refractivity contribution >= 4 is 29.2 Å². The van der Waals surface area contributed by atoms with E-state index in [-0.39, 0.29) is 12.1 Å². The molecular weight excluding hydrogens is 297 g/mol. The van der Waals surface area contributed by atoms with Gasteiger partial charge in [-0.2, -0.15) is 0 Å². The quantitative estimate of drug-likeness (QED) is 0.781. The lowest BCUT2D eigenvalue weighted by Gasteiger charge is -2.47. The maximum atomic E-state index is 12.2. The predicted octanol–water partition coefficient (Wildman–Crippen LogP) is 3.63. The highest BCUT2D eigenvalue weighted by atomic mass is 35.5. The maximum absolute atomic E-state index is 12.2. The molecule has 108 valence electrons. The molecule has 1 aliphatic carbocycles. The van der Waals surface area contributed by atoms with E-state index in [1.807, 2.05) is 0 Å². The fourth-order valence-corrected chi connectivity index (χ4v) is 3.85. The molecule has 2 aliphatic heterocycles. The number of carbonyl (C=O) groups excluding carboxylic acids is 1. The summed E-state index contributed by atoms with van der Waals surface area (Å²) in [5.74, 6) is 0.123. The van der Waals surface area contributed by atoms with Crippen LogP contribution in [0.1, 0.15) is 29.6 Å². The molecule has 0 aromatic heterocycles. The number of rotatable bonds is 2. The molecule has 1 saturated carbocycles. The van der Waals surface area contributed by atoms with Gasteiger partial charge in [0.2, 0.25) is 0 Å². The van der Waals surface area contributed by atoms with Gasteiger partial charge in [-0.25, -0.2) is 4.79 Å². The van der Waals surface area contributed by atoms with E-state index in [4.69, 9.17) is 27.9 Å². The Morgan fingerprint density at radius 3 is 2.50 bits per heavy atom. The van der Waals surface area contributed by atoms with E-state index < -0.39 is 0 Å². The summed E-state index contributed by atoms with van der Waals surface area (Å²) in [6, 6.07) is 5.35. The number of esters is 1. The maximum Gasteiger partial charge on any atom is 0.338 e. The van der Waals surface area contributed by atoms with Crippen LogP contribution in [0.2, 0.25) is 10.0 Å². The zero-order chi connectivity index (χ0) is 14.3. The van der Waals surface area contributed by atoms with Crippen molar-refractivity contribution in [1.29, 1.82) is 0 Å². The lowest BCUT2D eigenvalue weighted by molar-refractivity contribution is -0.0558. The van der Waals surface area contributed by atoms with Crippen LogP contribution < -0.4 is 0 Å². The average molecular weight is 314 g/mol. The van der Waals surface area contributed by atoms with Crippen molar-refractivity contribution in [3.05, 3.63) is 33.8 Å². The van der Waals surface area contributed by atoms with Crippen molar-refractivity contribution in [1.82, 2.24) is 4.90 Å². The molecule has 1 aromatic rings. The third kappa shape index (κ3) is 2.80. The first kappa shape index (κ1) is 14.2. The molecule has 4 rings (SSSR count). The number of ether oxygens (including phenoxy) is 1. The molecule has 0 spiro atoms. The highest BCUT2D eigenvalue weighted by Crippen LogP contribution is 2.36. The molecule has 1 aromatic carbocycles. The van der Waals surface area contributed by atoms with Gasteiger partial charge in [-0.3, -0.25) is 0 Å². The lowest BCUT2D eigenvalue weighted by Crippen LogP contribution is -2.53. The zero-order valence-corrected chi connectivity index (χ0v) is 12.8. The van der Waals surface area contributed by atoms with Gasteiger partial charge in [-0.1, -0.05) is 23.2 Å². The minimum absolute atomic E-state index is 0.0233. The zero-order valence-electron chi connectivity index (χ0n) is 11.3. The van der Waals surface area contributed by atoms with Gasteiger partial charge in [-0.05, 0) is 38.1 Å². The van der Waals surface area contributed by atoms with Gasteiger partial charge in [0.25, 0.3) is 0 Å². The van der Waals surface area contributed by atoms with Crippen LogP contribution in [0, 0.1) is 5.92 Å². The van der Waals surface area contributed by atoms with Gasteiger partial charge in [-0.15, -0.1) is 0 Å². The minimum atomic E-state index is -0.324. The van der Waals surface area contributed by atoms with Crippen molar-refractivity contribution in [2.45, 2.75) is 31.4 Å². The van der Waals surface area contributed by atoms with E-state index in [9.17, 15) is 4.79 Å². The second-order valence-corrected chi connectivity index (χ2v) is 6.64. The Hall–Kier alpha value is -0.770. The lowest BCUT2D eigenvalue weighted by atomic mass is 9.78. The Morgan fingerprint density at radius 2 is 1.95 bits per heavy atom. The van der Waals surface area contributed by atoms with Crippen LogP contribution in [0.3, 0.4) is 0 Å². The first-order chi connectivity index (χ1) is 9.52. The fourth-order valence-electron chi connectivity index (χ4n) is 3.32. The Morgan fingerprint density at radius 1 is 1.25 bits per heavy atom. The summed E-state index contributed by atoms with van der Waals surface area (Å²) >= 11 is 11.8. The number of fused-ring (bicyclic) bond motifs is 3. The third-order valence-corrected chi connectivity index (χ3v) is 4.84. The minimum Gasteiger partial charge on any atom is -0.458 e. The van der Waals surface area contributed by atoms with Crippen molar-refractivity contribution in [2.75, 3.05) is 13.6 Å². The second-order valence-electron chi connectivity index (χ2n) is 5.77. The highest BCUT2D eigenvalue weighted by Gasteiger charge is 2.40. The van der Waals surface area contributed by atoms with Gasteiger partial charge >= 0.3 is 5.97 Å². The van der Waals surface area contributed by atoms with Crippen LogP contribution in [-0.2, 0) is 4.74 Å². The molecule has 2 saturated heterocycles. The monoisotopic (exact) mass is 313 g/mol. The molecule has 3 atom stereocenters. The number of hydrogen-bond acceptors (Lipinski definition) is 3. The molecule has 20 heavy (non-hydrogen) atoms. The van der Waals surface area contributed by atoms with Crippen molar-refractivity contribution in [2.24, 2.45) is 5.92 Å². The largest absolute Gasteiger partial charge is 0.458 e. The van der Waals surface area contributed by atoms with Crippen molar-refractivity contribution in [3.8, 4) is 0 Å². The Balaban J connectivity index is 1.70. The Bertz CT molecular complexity index is 514. The van der Waals surface area contributed by atoms with Gasteiger partial charge in [0, 0.05) is 35.0 Å². The molecule has 0 amide bonds.